The standard InChI is InChI=1S/C22H32N6O2S/c1-15(20(23)28-13-16(12-24-2)18-6-4-5-7-19(18)28)26-22(31-14-25-3)21(29)27-17-8-10-30-11-9-17/h4-7,14,16-17,24H,8-13,23H2,1-3H3,(H,27,29)/b20-15-,25-14?,26-22?. The van der Waals surface area contributed by atoms with Crippen LogP contribution in [0.1, 0.15) is 31.2 Å². The molecular formula is C22H32N6O2S. The number of nitrogens with two attached hydrogens (primary N) is 1. The van der Waals surface area contributed by atoms with Gasteiger partial charge in [0.05, 0.1) is 11.2 Å². The molecule has 2 aliphatic heterocycles. The predicted octanol–water partition coefficient (Wildman–Crippen LogP) is 2.04. The zero-order chi connectivity index (χ0) is 22.2. The number of anilines is 1. The van der Waals surface area contributed by atoms with Gasteiger partial charge in [-0.05, 0) is 38.4 Å². The van der Waals surface area contributed by atoms with E-state index in [1.54, 1.807) is 12.6 Å². The van der Waals surface area contributed by atoms with Crippen LogP contribution in [0.15, 0.2) is 45.8 Å². The molecule has 9 heteroatoms. The molecule has 1 fully saturated rings. The average molecular weight is 445 g/mol. The zero-order valence-corrected chi connectivity index (χ0v) is 19.2. The summed E-state index contributed by atoms with van der Waals surface area (Å²) in [7, 11) is 3.62. The molecule has 1 aromatic carbocycles. The van der Waals surface area contributed by atoms with Crippen LogP contribution in [0, 0.1) is 0 Å². The number of nitrogens with zero attached hydrogens (tertiary/aromatic N) is 3. The molecular weight excluding hydrogens is 412 g/mol. The molecule has 0 bridgehead atoms. The maximum Gasteiger partial charge on any atom is 0.277 e. The van der Waals surface area contributed by atoms with Crippen LogP contribution in [0.3, 0.4) is 0 Å². The van der Waals surface area contributed by atoms with E-state index in [0.717, 1.165) is 31.6 Å². The highest BCUT2D eigenvalue weighted by Crippen LogP contribution is 2.37. The Morgan fingerprint density at radius 1 is 1.35 bits per heavy atom. The van der Waals surface area contributed by atoms with E-state index in [1.807, 2.05) is 20.0 Å². The number of aliphatic imine (C=N–C) groups is 2. The lowest BCUT2D eigenvalue weighted by molar-refractivity contribution is -0.115. The van der Waals surface area contributed by atoms with Crippen LogP contribution in [0.25, 0.3) is 0 Å². The van der Waals surface area contributed by atoms with E-state index in [-0.39, 0.29) is 11.9 Å². The molecule has 2 aliphatic rings. The number of allylic oxidation sites excluding steroid dienone is 1. The van der Waals surface area contributed by atoms with Crippen LogP contribution in [-0.4, -0.2) is 62.9 Å². The third-order valence-corrected chi connectivity index (χ3v) is 6.29. The number of thioether (sulfide) groups is 1. The maximum absolute atomic E-state index is 12.9. The van der Waals surface area contributed by atoms with Crippen molar-refractivity contribution < 1.29 is 9.53 Å². The minimum atomic E-state index is -0.209. The number of carbonyl (C=O) groups is 1. The fourth-order valence-corrected chi connectivity index (χ4v) is 4.43. The summed E-state index contributed by atoms with van der Waals surface area (Å²) in [4.78, 5) is 23.6. The molecule has 31 heavy (non-hydrogen) atoms. The third kappa shape index (κ3) is 5.87. The number of nitrogens with one attached hydrogen (secondary N) is 2. The van der Waals surface area contributed by atoms with Crippen LogP contribution in [-0.2, 0) is 9.53 Å². The van der Waals surface area contributed by atoms with Gasteiger partial charge in [-0.1, -0.05) is 30.0 Å². The zero-order valence-electron chi connectivity index (χ0n) is 18.4. The van der Waals surface area contributed by atoms with Crippen molar-refractivity contribution in [3.05, 3.63) is 41.3 Å². The largest absolute Gasteiger partial charge is 0.384 e. The number of fused-ring (bicyclic) bond motifs is 1. The van der Waals surface area contributed by atoms with E-state index in [2.05, 4.69) is 43.7 Å². The first-order valence-corrected chi connectivity index (χ1v) is 11.4. The number of carbonyl (C=O) groups excluding carboxylic acids is 1. The Morgan fingerprint density at radius 3 is 2.81 bits per heavy atom. The molecule has 168 valence electrons. The highest BCUT2D eigenvalue weighted by Gasteiger charge is 2.30. The van der Waals surface area contributed by atoms with Crippen molar-refractivity contribution in [1.82, 2.24) is 10.6 Å². The number of benzene rings is 1. The van der Waals surface area contributed by atoms with Gasteiger partial charge >= 0.3 is 0 Å². The van der Waals surface area contributed by atoms with Gasteiger partial charge < -0.3 is 26.0 Å². The van der Waals surface area contributed by atoms with E-state index in [0.29, 0.717) is 35.7 Å². The number of ether oxygens (including phenoxy) is 1. The topological polar surface area (TPSA) is 104 Å². The number of likely N-dealkylation sites (N-methyl/N-ethyl adjacent to an activating group) is 1. The summed E-state index contributed by atoms with van der Waals surface area (Å²) < 4.78 is 5.37. The number of hydrogen-bond acceptors (Lipinski definition) is 8. The van der Waals surface area contributed by atoms with Gasteiger partial charge in [-0.3, -0.25) is 9.79 Å². The monoisotopic (exact) mass is 444 g/mol. The molecule has 0 saturated carbocycles. The molecule has 1 saturated heterocycles. The van der Waals surface area contributed by atoms with Gasteiger partial charge in [-0.25, -0.2) is 4.99 Å². The van der Waals surface area contributed by atoms with Crippen molar-refractivity contribution >= 4 is 33.9 Å². The van der Waals surface area contributed by atoms with E-state index >= 15 is 0 Å². The van der Waals surface area contributed by atoms with Crippen molar-refractivity contribution in [2.75, 3.05) is 45.3 Å². The predicted molar refractivity (Wildman–Crippen MR) is 129 cm³/mol. The Labute approximate surface area is 188 Å². The lowest BCUT2D eigenvalue weighted by Gasteiger charge is -2.23. The van der Waals surface area contributed by atoms with Crippen LogP contribution in [0.2, 0.25) is 0 Å². The number of rotatable bonds is 6. The highest BCUT2D eigenvalue weighted by atomic mass is 32.2. The molecule has 1 amide bonds. The smallest absolute Gasteiger partial charge is 0.277 e. The van der Waals surface area contributed by atoms with Crippen molar-refractivity contribution in [3.8, 4) is 0 Å². The lowest BCUT2D eigenvalue weighted by Crippen LogP contribution is -2.41. The highest BCUT2D eigenvalue weighted by molar-refractivity contribution is 8.26. The molecule has 2 heterocycles. The number of hydrogen-bond donors (Lipinski definition) is 3. The molecule has 0 aromatic heterocycles. The van der Waals surface area contributed by atoms with Gasteiger partial charge in [0, 0.05) is 51.0 Å². The first kappa shape index (κ1) is 23.3. The Morgan fingerprint density at radius 2 is 2.10 bits per heavy atom. The summed E-state index contributed by atoms with van der Waals surface area (Å²) in [6, 6.07) is 8.38. The molecule has 0 spiro atoms. The second kappa shape index (κ2) is 11.3. The van der Waals surface area contributed by atoms with Crippen molar-refractivity contribution in [3.63, 3.8) is 0 Å². The fraction of sp³-hybridized carbons (Fsp3) is 0.500. The second-order valence-corrected chi connectivity index (χ2v) is 8.49. The van der Waals surface area contributed by atoms with Gasteiger partial charge in [-0.15, -0.1) is 0 Å². The van der Waals surface area contributed by atoms with Gasteiger partial charge in [0.1, 0.15) is 5.82 Å². The van der Waals surface area contributed by atoms with Gasteiger partial charge in [-0.2, -0.15) is 0 Å². The summed E-state index contributed by atoms with van der Waals surface area (Å²) in [5, 5.41) is 6.65. The second-order valence-electron chi connectivity index (χ2n) is 7.65. The van der Waals surface area contributed by atoms with Gasteiger partial charge in [0.2, 0.25) is 0 Å². The summed E-state index contributed by atoms with van der Waals surface area (Å²) in [6.45, 7) is 4.80. The molecule has 1 atom stereocenters. The van der Waals surface area contributed by atoms with Crippen LogP contribution >= 0.6 is 11.8 Å². The molecule has 3 rings (SSSR count). The molecule has 0 radical (unpaired) electrons. The Balaban J connectivity index is 1.84. The summed E-state index contributed by atoms with van der Waals surface area (Å²) in [5.74, 6) is 0.685. The Hall–Kier alpha value is -2.36. The summed E-state index contributed by atoms with van der Waals surface area (Å²) in [5.41, 5.74) is 11.1. The first-order valence-electron chi connectivity index (χ1n) is 10.6. The third-order valence-electron chi connectivity index (χ3n) is 5.47. The van der Waals surface area contributed by atoms with Crippen LogP contribution in [0.5, 0.6) is 0 Å². The van der Waals surface area contributed by atoms with E-state index in [1.165, 1.54) is 17.3 Å². The summed E-state index contributed by atoms with van der Waals surface area (Å²) in [6.07, 6.45) is 1.61. The van der Waals surface area contributed by atoms with Crippen LogP contribution < -0.4 is 21.3 Å². The minimum absolute atomic E-state index is 0.0972. The number of amides is 1. The van der Waals surface area contributed by atoms with Gasteiger partial charge in [0.25, 0.3) is 5.91 Å². The van der Waals surface area contributed by atoms with Crippen molar-refractivity contribution in [2.45, 2.75) is 31.7 Å². The first-order chi connectivity index (χ1) is 15.0. The normalized spacial score (nSPS) is 20.7. The lowest BCUT2D eigenvalue weighted by atomic mass is 10.0. The van der Waals surface area contributed by atoms with Crippen LogP contribution in [0.4, 0.5) is 5.69 Å². The maximum atomic E-state index is 12.9. The molecule has 4 N–H and O–H groups in total. The van der Waals surface area contributed by atoms with Crippen molar-refractivity contribution in [1.29, 1.82) is 0 Å². The molecule has 8 nitrogen and oxygen atoms in total. The van der Waals surface area contributed by atoms with E-state index in [9.17, 15) is 4.79 Å². The molecule has 1 aromatic rings. The quantitative estimate of drug-likeness (QED) is 0.458. The summed E-state index contributed by atoms with van der Waals surface area (Å²) >= 11 is 1.20. The average Bonchev–Trinajstić information content (AvgIpc) is 3.15. The van der Waals surface area contributed by atoms with E-state index < -0.39 is 0 Å². The molecule has 1 unspecified atom stereocenters. The Kier molecular flexibility index (Phi) is 8.51. The molecule has 0 aliphatic carbocycles. The fourth-order valence-electron chi connectivity index (χ4n) is 3.87. The minimum Gasteiger partial charge on any atom is -0.384 e. The van der Waals surface area contributed by atoms with Crippen molar-refractivity contribution in [2.24, 2.45) is 15.7 Å². The van der Waals surface area contributed by atoms with Gasteiger partial charge in [0.15, 0.2) is 5.04 Å². The SMILES string of the molecule is CN=CSC(=N/C(C)=C(/N)N1CC(CNC)c2ccccc21)C(=O)NC1CCOCC1. The van der Waals surface area contributed by atoms with E-state index in [4.69, 9.17) is 10.5 Å². The Bertz CT molecular complexity index is 863. The number of para-hydroxylation sites is 1.